The second-order valence-electron chi connectivity index (χ2n) is 5.43. The zero-order chi connectivity index (χ0) is 18.9. The lowest BCUT2D eigenvalue weighted by molar-refractivity contribution is 0.104. The molecule has 0 saturated carbocycles. The van der Waals surface area contributed by atoms with Crippen LogP contribution in [0.5, 0.6) is 0 Å². The fourth-order valence-corrected chi connectivity index (χ4v) is 5.78. The van der Waals surface area contributed by atoms with Gasteiger partial charge in [0.25, 0.3) is 0 Å². The monoisotopic (exact) mass is 445 g/mol. The largest absolute Gasteiger partial charge is 0.287 e. The van der Waals surface area contributed by atoms with Crippen LogP contribution in [0.2, 0.25) is 10.0 Å². The Hall–Kier alpha value is -1.22. The van der Waals surface area contributed by atoms with Crippen LogP contribution < -0.4 is 4.72 Å². The minimum absolute atomic E-state index is 0.0208. The predicted molar refractivity (Wildman–Crippen MR) is 107 cm³/mol. The number of nitrogens with one attached hydrogen (secondary N) is 1. The third kappa shape index (κ3) is 4.19. The Morgan fingerprint density at radius 1 is 1.12 bits per heavy atom. The van der Waals surface area contributed by atoms with Crippen molar-refractivity contribution in [2.24, 2.45) is 0 Å². The molecule has 0 unspecified atom stereocenters. The van der Waals surface area contributed by atoms with Gasteiger partial charge in [0.1, 0.15) is 4.90 Å². The number of aryl methyl sites for hydroxylation is 1. The number of carbonyl (C=O) groups is 1. The van der Waals surface area contributed by atoms with E-state index in [-0.39, 0.29) is 22.2 Å². The molecule has 0 spiro atoms. The van der Waals surface area contributed by atoms with E-state index in [1.54, 1.807) is 25.1 Å². The first kappa shape index (κ1) is 19.5. The highest BCUT2D eigenvalue weighted by Gasteiger charge is 2.20. The van der Waals surface area contributed by atoms with Crippen molar-refractivity contribution in [3.8, 4) is 0 Å². The van der Waals surface area contributed by atoms with Crippen LogP contribution in [-0.2, 0) is 16.6 Å². The summed E-state index contributed by atoms with van der Waals surface area (Å²) in [7, 11) is -3.80. The molecule has 0 bridgehead atoms. The molecule has 0 aliphatic heterocycles. The van der Waals surface area contributed by atoms with Gasteiger partial charge in [-0.3, -0.25) is 4.79 Å². The van der Waals surface area contributed by atoms with Crippen molar-refractivity contribution in [3.05, 3.63) is 72.0 Å². The van der Waals surface area contributed by atoms with Gasteiger partial charge in [0.15, 0.2) is 0 Å². The number of hydrogen-bond acceptors (Lipinski definition) is 5. The van der Waals surface area contributed by atoms with Crippen molar-refractivity contribution in [3.63, 3.8) is 0 Å². The lowest BCUT2D eigenvalue weighted by atomic mass is 10.2. The maximum Gasteiger partial charge on any atom is 0.242 e. The van der Waals surface area contributed by atoms with E-state index in [4.69, 9.17) is 23.2 Å². The summed E-state index contributed by atoms with van der Waals surface area (Å²) in [5.41, 5.74) is 0.622. The zero-order valence-electron chi connectivity index (χ0n) is 13.5. The quantitative estimate of drug-likeness (QED) is 0.534. The van der Waals surface area contributed by atoms with Gasteiger partial charge in [-0.2, -0.15) is 0 Å². The number of sulfonamides is 1. The molecule has 0 atom stereocenters. The summed E-state index contributed by atoms with van der Waals surface area (Å²) in [6.45, 7) is 1.78. The van der Waals surface area contributed by atoms with Crippen molar-refractivity contribution < 1.29 is 13.2 Å². The molecule has 1 N–H and O–H groups in total. The van der Waals surface area contributed by atoms with Crippen LogP contribution in [0.25, 0.3) is 0 Å². The van der Waals surface area contributed by atoms with E-state index >= 15 is 0 Å². The second-order valence-corrected chi connectivity index (χ2v) is 10.1. The molecule has 0 fully saturated rings. The average Bonchev–Trinajstić information content (AvgIpc) is 3.27. The predicted octanol–water partition coefficient (Wildman–Crippen LogP) is 5.13. The Morgan fingerprint density at radius 2 is 1.88 bits per heavy atom. The van der Waals surface area contributed by atoms with Gasteiger partial charge >= 0.3 is 0 Å². The Labute approximate surface area is 169 Å². The van der Waals surface area contributed by atoms with Crippen LogP contribution in [0.15, 0.2) is 46.7 Å². The molecule has 136 valence electrons. The van der Waals surface area contributed by atoms with Crippen LogP contribution >= 0.6 is 45.9 Å². The molecular weight excluding hydrogens is 433 g/mol. The van der Waals surface area contributed by atoms with Crippen molar-refractivity contribution in [1.82, 2.24) is 4.72 Å². The summed E-state index contributed by atoms with van der Waals surface area (Å²) in [5, 5.41) is 2.31. The number of carbonyl (C=O) groups excluding carboxylic acids is 1. The molecule has 0 aliphatic carbocycles. The van der Waals surface area contributed by atoms with E-state index in [0.29, 0.717) is 20.3 Å². The van der Waals surface area contributed by atoms with E-state index < -0.39 is 10.0 Å². The molecule has 2 aromatic heterocycles. The Morgan fingerprint density at radius 3 is 2.58 bits per heavy atom. The molecule has 0 aliphatic rings. The summed E-state index contributed by atoms with van der Waals surface area (Å²) in [5.74, 6) is -0.0597. The maximum absolute atomic E-state index is 12.5. The van der Waals surface area contributed by atoms with Gasteiger partial charge in [-0.05, 0) is 48.2 Å². The van der Waals surface area contributed by atoms with E-state index in [9.17, 15) is 13.2 Å². The Balaban J connectivity index is 1.75. The van der Waals surface area contributed by atoms with Crippen molar-refractivity contribution in [2.45, 2.75) is 18.4 Å². The highest BCUT2D eigenvalue weighted by Crippen LogP contribution is 2.28. The van der Waals surface area contributed by atoms with Crippen molar-refractivity contribution >= 4 is 61.7 Å². The molecule has 0 amide bonds. The Kier molecular flexibility index (Phi) is 5.86. The minimum Gasteiger partial charge on any atom is -0.287 e. The normalized spacial score (nSPS) is 11.7. The van der Waals surface area contributed by atoms with Crippen LogP contribution in [0.1, 0.15) is 25.0 Å². The lowest BCUT2D eigenvalue weighted by Gasteiger charge is -2.09. The zero-order valence-corrected chi connectivity index (χ0v) is 17.4. The van der Waals surface area contributed by atoms with Gasteiger partial charge < -0.3 is 0 Å². The number of thiophene rings is 2. The number of benzene rings is 1. The van der Waals surface area contributed by atoms with Crippen molar-refractivity contribution in [2.75, 3.05) is 0 Å². The molecule has 3 rings (SSSR count). The van der Waals surface area contributed by atoms with E-state index in [1.807, 2.05) is 11.4 Å². The smallest absolute Gasteiger partial charge is 0.242 e. The van der Waals surface area contributed by atoms with Gasteiger partial charge in [-0.1, -0.05) is 29.3 Å². The van der Waals surface area contributed by atoms with E-state index in [0.717, 1.165) is 4.88 Å². The van der Waals surface area contributed by atoms with E-state index in [1.165, 1.54) is 34.8 Å². The number of ketones is 1. The van der Waals surface area contributed by atoms with Crippen molar-refractivity contribution in [1.29, 1.82) is 0 Å². The van der Waals surface area contributed by atoms with Gasteiger partial charge in [0.2, 0.25) is 15.8 Å². The summed E-state index contributed by atoms with van der Waals surface area (Å²) in [4.78, 5) is 14.2. The van der Waals surface area contributed by atoms with Crippen LogP contribution in [-0.4, -0.2) is 14.2 Å². The highest BCUT2D eigenvalue weighted by molar-refractivity contribution is 7.89. The molecular formula is C17H13Cl2NO3S3. The SMILES string of the molecule is Cc1cc(S(=O)(=O)NCc2ccc(C(=O)c3cccs3)s2)c(Cl)cc1Cl. The Bertz CT molecular complexity index is 1060. The molecule has 3 aromatic rings. The molecule has 2 heterocycles. The van der Waals surface area contributed by atoms with Gasteiger partial charge in [-0.25, -0.2) is 13.1 Å². The average molecular weight is 446 g/mol. The number of hydrogen-bond donors (Lipinski definition) is 1. The molecule has 4 nitrogen and oxygen atoms in total. The highest BCUT2D eigenvalue weighted by atomic mass is 35.5. The lowest BCUT2D eigenvalue weighted by Crippen LogP contribution is -2.23. The summed E-state index contributed by atoms with van der Waals surface area (Å²) in [6.07, 6.45) is 0. The fourth-order valence-electron chi connectivity index (χ4n) is 2.20. The number of halogens is 2. The van der Waals surface area contributed by atoms with E-state index in [2.05, 4.69) is 4.72 Å². The summed E-state index contributed by atoms with van der Waals surface area (Å²) in [6, 6.07) is 9.87. The number of rotatable bonds is 6. The van der Waals surface area contributed by atoms with Crippen LogP contribution in [0, 0.1) is 6.92 Å². The molecule has 1 aromatic carbocycles. The first-order valence-electron chi connectivity index (χ1n) is 7.40. The molecule has 26 heavy (non-hydrogen) atoms. The third-order valence-corrected chi connectivity index (χ3v) is 7.80. The topological polar surface area (TPSA) is 63.2 Å². The minimum atomic E-state index is -3.80. The maximum atomic E-state index is 12.5. The van der Waals surface area contributed by atoms with Crippen LogP contribution in [0.3, 0.4) is 0 Å². The first-order valence-corrected chi connectivity index (χ1v) is 11.3. The van der Waals surface area contributed by atoms with Gasteiger partial charge in [0, 0.05) is 16.4 Å². The standard InChI is InChI=1S/C17H13Cl2NO3S3/c1-10-7-16(13(19)8-12(10)18)26(22,23)20-9-11-4-5-15(25-11)17(21)14-3-2-6-24-14/h2-8,20H,9H2,1H3. The summed E-state index contributed by atoms with van der Waals surface area (Å²) < 4.78 is 27.5. The second kappa shape index (κ2) is 7.80. The van der Waals surface area contributed by atoms with Gasteiger partial charge in [0.05, 0.1) is 14.8 Å². The summed E-state index contributed by atoms with van der Waals surface area (Å²) >= 11 is 14.6. The van der Waals surface area contributed by atoms with Gasteiger partial charge in [-0.15, -0.1) is 22.7 Å². The molecule has 0 radical (unpaired) electrons. The third-order valence-electron chi connectivity index (χ3n) is 3.57. The fraction of sp³-hybridized carbons (Fsp3) is 0.118. The first-order chi connectivity index (χ1) is 12.3. The van der Waals surface area contributed by atoms with Crippen LogP contribution in [0.4, 0.5) is 0 Å². The molecule has 9 heteroatoms. The molecule has 0 saturated heterocycles.